The number of amides is 1. The molecule has 2 rings (SSSR count). The Balaban J connectivity index is 1.94. The monoisotopic (exact) mass is 383 g/mol. The number of hydrogen-bond acceptors (Lipinski definition) is 3. The maximum absolute atomic E-state index is 12.1. The minimum absolute atomic E-state index is 0.129. The molecule has 128 valence electrons. The first-order chi connectivity index (χ1) is 10.8. The smallest absolute Gasteiger partial charge is 0.410 e. The number of ether oxygens (including phenoxy) is 1. The summed E-state index contributed by atoms with van der Waals surface area (Å²) < 4.78 is 6.47. The van der Waals surface area contributed by atoms with Crippen molar-refractivity contribution in [2.45, 2.75) is 45.1 Å². The Kier molecular flexibility index (Phi) is 6.09. The average molecular weight is 384 g/mol. The first-order valence-corrected chi connectivity index (χ1v) is 8.93. The highest BCUT2D eigenvalue weighted by Crippen LogP contribution is 2.33. The van der Waals surface area contributed by atoms with E-state index in [4.69, 9.17) is 4.74 Å². The number of hydrogen-bond donors (Lipinski definition) is 1. The molecule has 1 heterocycles. The second-order valence-corrected chi connectivity index (χ2v) is 8.06. The van der Waals surface area contributed by atoms with Gasteiger partial charge in [-0.25, -0.2) is 4.79 Å². The average Bonchev–Trinajstić information content (AvgIpc) is 2.49. The number of piperidine rings is 1. The lowest BCUT2D eigenvalue weighted by atomic mass is 9.80. The number of aliphatic hydroxyl groups excluding tert-OH is 1. The highest BCUT2D eigenvalue weighted by Gasteiger charge is 2.31. The molecule has 1 atom stereocenters. The van der Waals surface area contributed by atoms with Gasteiger partial charge < -0.3 is 14.7 Å². The van der Waals surface area contributed by atoms with Crippen molar-refractivity contribution in [1.29, 1.82) is 0 Å². The lowest BCUT2D eigenvalue weighted by Crippen LogP contribution is -2.42. The predicted molar refractivity (Wildman–Crippen MR) is 94.5 cm³/mol. The summed E-state index contributed by atoms with van der Waals surface area (Å²) >= 11 is 3.44. The van der Waals surface area contributed by atoms with E-state index in [1.54, 1.807) is 4.90 Å². The fraction of sp³-hybridized carbons (Fsp3) is 0.611. The van der Waals surface area contributed by atoms with Gasteiger partial charge in [-0.05, 0) is 57.2 Å². The summed E-state index contributed by atoms with van der Waals surface area (Å²) in [7, 11) is 0. The van der Waals surface area contributed by atoms with E-state index in [2.05, 4.69) is 28.1 Å². The van der Waals surface area contributed by atoms with Crippen LogP contribution >= 0.6 is 15.9 Å². The molecule has 1 N–H and O–H groups in total. The Bertz CT molecular complexity index is 516. The summed E-state index contributed by atoms with van der Waals surface area (Å²) in [5.74, 6) is 0.517. The molecule has 0 aliphatic carbocycles. The van der Waals surface area contributed by atoms with E-state index in [-0.39, 0.29) is 18.6 Å². The minimum atomic E-state index is -0.459. The van der Waals surface area contributed by atoms with E-state index in [9.17, 15) is 9.90 Å². The van der Waals surface area contributed by atoms with Gasteiger partial charge >= 0.3 is 6.09 Å². The van der Waals surface area contributed by atoms with Crippen molar-refractivity contribution in [2.75, 3.05) is 19.7 Å². The van der Waals surface area contributed by atoms with Gasteiger partial charge in [-0.2, -0.15) is 0 Å². The highest BCUT2D eigenvalue weighted by atomic mass is 79.9. The molecular formula is C18H26BrNO3. The molecule has 1 amide bonds. The van der Waals surface area contributed by atoms with E-state index in [0.29, 0.717) is 19.0 Å². The summed E-state index contributed by atoms with van der Waals surface area (Å²) in [5, 5.41) is 9.81. The fourth-order valence-electron chi connectivity index (χ4n) is 3.05. The zero-order valence-corrected chi connectivity index (χ0v) is 15.7. The third-order valence-electron chi connectivity index (χ3n) is 4.26. The van der Waals surface area contributed by atoms with Crippen molar-refractivity contribution in [3.63, 3.8) is 0 Å². The highest BCUT2D eigenvalue weighted by molar-refractivity contribution is 9.10. The van der Waals surface area contributed by atoms with Crippen molar-refractivity contribution in [2.24, 2.45) is 5.92 Å². The van der Waals surface area contributed by atoms with Gasteiger partial charge in [0.1, 0.15) is 5.60 Å². The Labute approximate surface area is 147 Å². The van der Waals surface area contributed by atoms with E-state index in [1.807, 2.05) is 32.9 Å². The summed E-state index contributed by atoms with van der Waals surface area (Å²) in [6.07, 6.45) is 1.54. The Morgan fingerprint density at radius 1 is 1.30 bits per heavy atom. The zero-order chi connectivity index (χ0) is 17.0. The summed E-state index contributed by atoms with van der Waals surface area (Å²) in [6, 6.07) is 8.14. The number of aliphatic hydroxyl groups is 1. The van der Waals surface area contributed by atoms with Crippen LogP contribution in [0.15, 0.2) is 28.7 Å². The number of benzene rings is 1. The van der Waals surface area contributed by atoms with Crippen LogP contribution in [0.3, 0.4) is 0 Å². The zero-order valence-electron chi connectivity index (χ0n) is 14.1. The van der Waals surface area contributed by atoms with Crippen LogP contribution in [0.25, 0.3) is 0 Å². The number of halogens is 1. The quantitative estimate of drug-likeness (QED) is 0.851. The van der Waals surface area contributed by atoms with Crippen molar-refractivity contribution >= 4 is 22.0 Å². The summed E-state index contributed by atoms with van der Waals surface area (Å²) in [4.78, 5) is 13.9. The van der Waals surface area contributed by atoms with Crippen LogP contribution in [-0.4, -0.2) is 41.4 Å². The van der Waals surface area contributed by atoms with E-state index in [0.717, 1.165) is 22.9 Å². The van der Waals surface area contributed by atoms with Crippen molar-refractivity contribution in [3.05, 3.63) is 34.3 Å². The van der Waals surface area contributed by atoms with E-state index < -0.39 is 5.60 Å². The van der Waals surface area contributed by atoms with Gasteiger partial charge in [0, 0.05) is 23.5 Å². The van der Waals surface area contributed by atoms with Crippen LogP contribution in [0.2, 0.25) is 0 Å². The maximum atomic E-state index is 12.1. The van der Waals surface area contributed by atoms with E-state index in [1.165, 1.54) is 0 Å². The molecule has 23 heavy (non-hydrogen) atoms. The van der Waals surface area contributed by atoms with E-state index >= 15 is 0 Å². The first kappa shape index (κ1) is 18.3. The second kappa shape index (κ2) is 7.67. The second-order valence-electron chi connectivity index (χ2n) is 7.15. The Morgan fingerprint density at radius 2 is 1.87 bits per heavy atom. The Hall–Kier alpha value is -1.07. The lowest BCUT2D eigenvalue weighted by Gasteiger charge is -2.36. The largest absolute Gasteiger partial charge is 0.444 e. The molecule has 0 aromatic heterocycles. The molecule has 1 saturated heterocycles. The molecule has 1 aliphatic rings. The van der Waals surface area contributed by atoms with Crippen molar-refractivity contribution < 1.29 is 14.6 Å². The maximum Gasteiger partial charge on any atom is 0.410 e. The number of rotatable bonds is 3. The van der Waals surface area contributed by atoms with Gasteiger partial charge in [0.15, 0.2) is 0 Å². The topological polar surface area (TPSA) is 49.8 Å². The standard InChI is InChI=1S/C18H26BrNO3/c1-18(2,3)23-17(22)20-10-8-14(9-11-20)16(12-21)13-4-6-15(19)7-5-13/h4-7,14,16,21H,8-12H2,1-3H3. The molecule has 4 nitrogen and oxygen atoms in total. The predicted octanol–water partition coefficient (Wildman–Crippen LogP) is 4.17. The molecule has 0 spiro atoms. The van der Waals surface area contributed by atoms with Gasteiger partial charge in [0.25, 0.3) is 0 Å². The van der Waals surface area contributed by atoms with Crippen molar-refractivity contribution in [1.82, 2.24) is 4.90 Å². The van der Waals surface area contributed by atoms with Crippen LogP contribution < -0.4 is 0 Å². The normalized spacial score (nSPS) is 17.9. The van der Waals surface area contributed by atoms with Gasteiger partial charge in [-0.15, -0.1) is 0 Å². The number of carbonyl (C=O) groups excluding carboxylic acids is 1. The lowest BCUT2D eigenvalue weighted by molar-refractivity contribution is 0.0165. The van der Waals surface area contributed by atoms with Gasteiger partial charge in [0.05, 0.1) is 6.61 Å². The van der Waals surface area contributed by atoms with Crippen molar-refractivity contribution in [3.8, 4) is 0 Å². The molecule has 0 bridgehead atoms. The molecule has 5 heteroatoms. The van der Waals surface area contributed by atoms with Gasteiger partial charge in [0.2, 0.25) is 0 Å². The van der Waals surface area contributed by atoms with Gasteiger partial charge in [-0.1, -0.05) is 28.1 Å². The Morgan fingerprint density at radius 3 is 2.35 bits per heavy atom. The molecule has 1 aliphatic heterocycles. The van der Waals surface area contributed by atoms with Crippen LogP contribution in [0, 0.1) is 5.92 Å². The molecule has 1 fully saturated rings. The first-order valence-electron chi connectivity index (χ1n) is 8.14. The molecular weight excluding hydrogens is 358 g/mol. The third-order valence-corrected chi connectivity index (χ3v) is 4.78. The van der Waals surface area contributed by atoms with Crippen LogP contribution in [0.1, 0.15) is 45.1 Å². The number of carbonyl (C=O) groups is 1. The van der Waals surface area contributed by atoms with Gasteiger partial charge in [-0.3, -0.25) is 0 Å². The minimum Gasteiger partial charge on any atom is -0.444 e. The molecule has 1 aromatic carbocycles. The summed E-state index contributed by atoms with van der Waals surface area (Å²) in [5.41, 5.74) is 0.699. The summed E-state index contributed by atoms with van der Waals surface area (Å²) in [6.45, 7) is 7.16. The molecule has 0 radical (unpaired) electrons. The third kappa shape index (κ3) is 5.21. The van der Waals surface area contributed by atoms with Crippen LogP contribution in [-0.2, 0) is 4.74 Å². The van der Waals surface area contributed by atoms with Crippen LogP contribution in [0.5, 0.6) is 0 Å². The van der Waals surface area contributed by atoms with Crippen LogP contribution in [0.4, 0.5) is 4.79 Å². The molecule has 0 saturated carbocycles. The fourth-order valence-corrected chi connectivity index (χ4v) is 3.31. The molecule has 1 aromatic rings. The number of nitrogens with zero attached hydrogens (tertiary/aromatic N) is 1. The molecule has 1 unspecified atom stereocenters. The number of likely N-dealkylation sites (tertiary alicyclic amines) is 1. The SMILES string of the molecule is CC(C)(C)OC(=O)N1CCC(C(CO)c2ccc(Br)cc2)CC1.